The second-order valence-electron chi connectivity index (χ2n) is 7.70. The van der Waals surface area contributed by atoms with Gasteiger partial charge in [-0.05, 0) is 54.0 Å². The number of primary amides is 1. The van der Waals surface area contributed by atoms with Crippen LogP contribution in [0.2, 0.25) is 0 Å². The molecule has 0 radical (unpaired) electrons. The largest absolute Gasteiger partial charge is 0.364 e. The summed E-state index contributed by atoms with van der Waals surface area (Å²) in [6.07, 6.45) is 3.66. The Bertz CT molecular complexity index is 1130. The van der Waals surface area contributed by atoms with Gasteiger partial charge in [0.25, 0.3) is 5.91 Å². The lowest BCUT2D eigenvalue weighted by Crippen LogP contribution is -2.17. The maximum atomic E-state index is 12.7. The fourth-order valence-electron chi connectivity index (χ4n) is 3.99. The Morgan fingerprint density at radius 1 is 1.27 bits per heavy atom. The van der Waals surface area contributed by atoms with Gasteiger partial charge >= 0.3 is 0 Å². The number of carbonyl (C=O) groups is 1. The predicted molar refractivity (Wildman–Crippen MR) is 102 cm³/mol. The summed E-state index contributed by atoms with van der Waals surface area (Å²) < 4.78 is 0. The Morgan fingerprint density at radius 2 is 2.04 bits per heavy atom. The van der Waals surface area contributed by atoms with Gasteiger partial charge in [0.1, 0.15) is 5.69 Å². The highest BCUT2D eigenvalue weighted by Crippen LogP contribution is 2.41. The maximum Gasteiger partial charge on any atom is 0.268 e. The van der Waals surface area contributed by atoms with Gasteiger partial charge in [0.05, 0.1) is 10.9 Å². The van der Waals surface area contributed by atoms with Crippen LogP contribution in [0.4, 0.5) is 0 Å². The molecule has 3 N–H and O–H groups in total. The van der Waals surface area contributed by atoms with Crippen LogP contribution >= 0.6 is 0 Å². The minimum atomic E-state index is -0.704. The van der Waals surface area contributed by atoms with Crippen LogP contribution in [0.1, 0.15) is 47.4 Å². The van der Waals surface area contributed by atoms with E-state index in [1.165, 1.54) is 23.4 Å². The Hall–Kier alpha value is -2.95. The van der Waals surface area contributed by atoms with E-state index in [-0.39, 0.29) is 21.9 Å². The number of aryl methyl sites for hydroxylation is 2. The van der Waals surface area contributed by atoms with Gasteiger partial charge in [-0.1, -0.05) is 19.9 Å². The van der Waals surface area contributed by atoms with Crippen molar-refractivity contribution in [3.63, 3.8) is 0 Å². The second kappa shape index (κ2) is 5.53. The quantitative estimate of drug-likeness (QED) is 0.746. The smallest absolute Gasteiger partial charge is 0.268 e. The zero-order valence-corrected chi connectivity index (χ0v) is 15.1. The van der Waals surface area contributed by atoms with Gasteiger partial charge in [-0.2, -0.15) is 0 Å². The number of nitrogens with one attached hydrogen (secondary N) is 1. The van der Waals surface area contributed by atoms with Crippen molar-refractivity contribution in [2.45, 2.75) is 39.0 Å². The summed E-state index contributed by atoms with van der Waals surface area (Å²) in [5, 5.41) is 0.240. The van der Waals surface area contributed by atoms with E-state index in [1.54, 1.807) is 6.07 Å². The van der Waals surface area contributed by atoms with E-state index in [2.05, 4.69) is 42.9 Å². The Morgan fingerprint density at radius 3 is 2.77 bits per heavy atom. The number of benzene rings is 1. The molecule has 1 aromatic carbocycles. The average Bonchev–Trinajstić information content (AvgIpc) is 2.88. The SMILES string of the molecule is Cc1cc2c(cc1-c1cc(=O)c3c(C(N)=O)nccc3[nH]1)CCC2(C)C. The summed E-state index contributed by atoms with van der Waals surface area (Å²) in [6, 6.07) is 7.65. The average molecular weight is 347 g/mol. The fourth-order valence-corrected chi connectivity index (χ4v) is 3.99. The van der Waals surface area contributed by atoms with Crippen molar-refractivity contribution in [2.24, 2.45) is 5.73 Å². The van der Waals surface area contributed by atoms with Gasteiger partial charge < -0.3 is 10.7 Å². The third-order valence-electron chi connectivity index (χ3n) is 5.46. The number of pyridine rings is 2. The molecule has 0 bridgehead atoms. The molecular weight excluding hydrogens is 326 g/mol. The number of H-pyrrole nitrogens is 1. The van der Waals surface area contributed by atoms with Crippen molar-refractivity contribution < 1.29 is 4.79 Å². The molecule has 0 atom stereocenters. The van der Waals surface area contributed by atoms with Crippen molar-refractivity contribution >= 4 is 16.8 Å². The molecule has 0 aliphatic heterocycles. The number of carbonyl (C=O) groups excluding carboxylic acids is 1. The molecule has 0 fully saturated rings. The minimum absolute atomic E-state index is 0.00252. The maximum absolute atomic E-state index is 12.7. The summed E-state index contributed by atoms with van der Waals surface area (Å²) in [7, 11) is 0. The van der Waals surface area contributed by atoms with Crippen LogP contribution in [-0.2, 0) is 11.8 Å². The minimum Gasteiger partial charge on any atom is -0.364 e. The van der Waals surface area contributed by atoms with Crippen molar-refractivity contribution in [2.75, 3.05) is 0 Å². The fraction of sp³-hybridized carbons (Fsp3) is 0.286. The molecule has 3 aromatic rings. The van der Waals surface area contributed by atoms with Crippen molar-refractivity contribution in [1.82, 2.24) is 9.97 Å². The van der Waals surface area contributed by atoms with Crippen LogP contribution in [0.3, 0.4) is 0 Å². The van der Waals surface area contributed by atoms with Gasteiger partial charge in [-0.25, -0.2) is 0 Å². The number of aromatic amines is 1. The summed E-state index contributed by atoms with van der Waals surface area (Å²) >= 11 is 0. The van der Waals surface area contributed by atoms with Crippen LogP contribution < -0.4 is 11.2 Å². The molecule has 4 rings (SSSR count). The van der Waals surface area contributed by atoms with Crippen LogP contribution in [-0.4, -0.2) is 15.9 Å². The van der Waals surface area contributed by atoms with Gasteiger partial charge in [-0.3, -0.25) is 14.6 Å². The number of nitrogens with zero attached hydrogens (tertiary/aromatic N) is 1. The lowest BCUT2D eigenvalue weighted by atomic mass is 9.85. The predicted octanol–water partition coefficient (Wildman–Crippen LogP) is 3.22. The van der Waals surface area contributed by atoms with E-state index in [4.69, 9.17) is 5.73 Å². The molecule has 2 aromatic heterocycles. The lowest BCUT2D eigenvalue weighted by molar-refractivity contribution is 0.0997. The first-order valence-corrected chi connectivity index (χ1v) is 8.74. The van der Waals surface area contributed by atoms with Gasteiger partial charge in [0, 0.05) is 23.5 Å². The molecule has 26 heavy (non-hydrogen) atoms. The molecule has 1 aliphatic rings. The lowest BCUT2D eigenvalue weighted by Gasteiger charge is -2.20. The number of nitrogens with two attached hydrogens (primary N) is 1. The molecule has 0 spiro atoms. The molecule has 2 heterocycles. The molecule has 1 amide bonds. The van der Waals surface area contributed by atoms with Crippen LogP contribution in [0.25, 0.3) is 22.2 Å². The molecule has 0 unspecified atom stereocenters. The number of amides is 1. The van der Waals surface area contributed by atoms with Crippen molar-refractivity contribution in [3.8, 4) is 11.3 Å². The van der Waals surface area contributed by atoms with Crippen molar-refractivity contribution in [3.05, 3.63) is 63.1 Å². The van der Waals surface area contributed by atoms with E-state index in [0.29, 0.717) is 5.52 Å². The highest BCUT2D eigenvalue weighted by Gasteiger charge is 2.30. The zero-order valence-electron chi connectivity index (χ0n) is 15.1. The second-order valence-corrected chi connectivity index (χ2v) is 7.70. The third-order valence-corrected chi connectivity index (χ3v) is 5.46. The van der Waals surface area contributed by atoms with E-state index >= 15 is 0 Å². The number of fused-ring (bicyclic) bond motifs is 2. The normalized spacial score (nSPS) is 15.2. The first-order chi connectivity index (χ1) is 12.3. The number of hydrogen-bond donors (Lipinski definition) is 2. The molecule has 1 aliphatic carbocycles. The summed E-state index contributed by atoms with van der Waals surface area (Å²) in [4.78, 5) is 31.5. The third kappa shape index (κ3) is 2.43. The van der Waals surface area contributed by atoms with E-state index in [1.807, 2.05) is 0 Å². The molecule has 0 saturated carbocycles. The Labute approximate surface area is 151 Å². The molecule has 5 heteroatoms. The topological polar surface area (TPSA) is 88.8 Å². The number of hydrogen-bond acceptors (Lipinski definition) is 3. The van der Waals surface area contributed by atoms with E-state index in [0.717, 1.165) is 29.7 Å². The molecule has 0 saturated heterocycles. The van der Waals surface area contributed by atoms with Gasteiger partial charge in [0.15, 0.2) is 5.43 Å². The van der Waals surface area contributed by atoms with E-state index in [9.17, 15) is 9.59 Å². The summed E-state index contributed by atoms with van der Waals surface area (Å²) in [5.41, 5.74) is 11.5. The Kier molecular flexibility index (Phi) is 3.51. The standard InChI is InChI=1S/C21H21N3O2/c1-11-8-14-12(4-6-21(14,2)3)9-13(11)16-10-17(25)18-15(24-16)5-7-23-19(18)20(22)26/h5,7-10H,4,6H2,1-3H3,(H2,22,26)(H,24,25). The monoisotopic (exact) mass is 347 g/mol. The van der Waals surface area contributed by atoms with E-state index < -0.39 is 5.91 Å². The van der Waals surface area contributed by atoms with Crippen molar-refractivity contribution in [1.29, 1.82) is 0 Å². The zero-order chi connectivity index (χ0) is 18.6. The molecule has 5 nitrogen and oxygen atoms in total. The van der Waals surface area contributed by atoms with Crippen LogP contribution in [0.15, 0.2) is 35.3 Å². The number of aromatic nitrogens is 2. The summed E-state index contributed by atoms with van der Waals surface area (Å²) in [5.74, 6) is -0.704. The first-order valence-electron chi connectivity index (χ1n) is 8.74. The van der Waals surface area contributed by atoms with Gasteiger partial charge in [0.2, 0.25) is 0 Å². The summed E-state index contributed by atoms with van der Waals surface area (Å²) in [6.45, 7) is 6.61. The highest BCUT2D eigenvalue weighted by atomic mass is 16.1. The van der Waals surface area contributed by atoms with Crippen LogP contribution in [0.5, 0.6) is 0 Å². The molecular formula is C21H21N3O2. The molecule has 132 valence electrons. The first kappa shape index (κ1) is 16.5. The Balaban J connectivity index is 1.94. The highest BCUT2D eigenvalue weighted by molar-refractivity contribution is 6.03. The van der Waals surface area contributed by atoms with Crippen LogP contribution in [0, 0.1) is 6.92 Å². The van der Waals surface area contributed by atoms with Gasteiger partial charge in [-0.15, -0.1) is 0 Å². The number of rotatable bonds is 2.